The summed E-state index contributed by atoms with van der Waals surface area (Å²) >= 11 is 6.59. The molecule has 0 saturated heterocycles. The number of amides is 1. The van der Waals surface area contributed by atoms with Crippen molar-refractivity contribution in [1.82, 2.24) is 19.3 Å². The first kappa shape index (κ1) is 27.1. The molecular weight excluding hydrogens is 548 g/mol. The van der Waals surface area contributed by atoms with Crippen LogP contribution in [0.4, 0.5) is 0 Å². The van der Waals surface area contributed by atoms with E-state index in [9.17, 15) is 13.2 Å². The number of rotatable bonds is 9. The van der Waals surface area contributed by atoms with Gasteiger partial charge in [-0.15, -0.1) is 0 Å². The number of imidazole rings is 1. The van der Waals surface area contributed by atoms with E-state index in [2.05, 4.69) is 9.97 Å². The number of fused-ring (bicyclic) bond motifs is 1. The Hall–Kier alpha value is -4.47. The number of halogens is 1. The van der Waals surface area contributed by atoms with Crippen molar-refractivity contribution in [3.8, 4) is 5.75 Å². The van der Waals surface area contributed by atoms with Gasteiger partial charge in [-0.05, 0) is 54.0 Å². The fourth-order valence-electron chi connectivity index (χ4n) is 4.04. The van der Waals surface area contributed by atoms with Crippen molar-refractivity contribution in [2.45, 2.75) is 20.1 Å². The zero-order valence-electron chi connectivity index (χ0n) is 21.5. The van der Waals surface area contributed by atoms with Crippen LogP contribution in [-0.4, -0.2) is 28.9 Å². The number of benzene rings is 3. The van der Waals surface area contributed by atoms with E-state index in [-0.39, 0.29) is 5.69 Å². The predicted octanol–water partition coefficient (Wildman–Crippen LogP) is 5.75. The molecule has 8 nitrogen and oxygen atoms in total. The van der Waals surface area contributed by atoms with Gasteiger partial charge in [0.1, 0.15) is 29.4 Å². The molecule has 1 N–H and O–H groups in total. The summed E-state index contributed by atoms with van der Waals surface area (Å²) in [5.41, 5.74) is 3.49. The van der Waals surface area contributed by atoms with Crippen LogP contribution >= 0.6 is 11.6 Å². The van der Waals surface area contributed by atoms with Crippen molar-refractivity contribution in [1.29, 1.82) is 0 Å². The molecule has 0 unspecified atom stereocenters. The fraction of sp³-hybridized carbons (Fsp3) is 0.100. The van der Waals surface area contributed by atoms with Gasteiger partial charge in [-0.2, -0.15) is 0 Å². The lowest BCUT2D eigenvalue weighted by Crippen LogP contribution is -2.29. The van der Waals surface area contributed by atoms with Crippen molar-refractivity contribution in [3.05, 3.63) is 130 Å². The number of nitrogens with one attached hydrogen (secondary N) is 1. The van der Waals surface area contributed by atoms with Gasteiger partial charge in [0.05, 0.1) is 12.0 Å². The molecule has 0 aliphatic heterocycles. The maximum atomic E-state index is 12.8. The third kappa shape index (κ3) is 6.56. The van der Waals surface area contributed by atoms with Gasteiger partial charge in [0, 0.05) is 5.02 Å². The third-order valence-electron chi connectivity index (χ3n) is 6.09. The second kappa shape index (κ2) is 11.7. The van der Waals surface area contributed by atoms with E-state index in [1.165, 1.54) is 12.1 Å². The minimum atomic E-state index is -4.04. The lowest BCUT2D eigenvalue weighted by atomic mass is 10.2. The Bertz CT molecular complexity index is 1800. The highest BCUT2D eigenvalue weighted by molar-refractivity contribution is 7.93. The Labute approximate surface area is 237 Å². The molecule has 0 atom stereocenters. The Morgan fingerprint density at radius 3 is 2.42 bits per heavy atom. The summed E-state index contributed by atoms with van der Waals surface area (Å²) in [6.07, 6.45) is 1.41. The van der Waals surface area contributed by atoms with E-state index in [1.807, 2.05) is 64.7 Å². The molecule has 0 bridgehead atoms. The molecule has 5 aromatic rings. The number of sulfonamides is 1. The van der Waals surface area contributed by atoms with Crippen LogP contribution in [-0.2, 0) is 23.2 Å². The number of hydrogen-bond acceptors (Lipinski definition) is 6. The monoisotopic (exact) mass is 572 g/mol. The number of hydrogen-bond donors (Lipinski definition) is 1. The number of aryl methyl sites for hydroxylation is 1. The molecule has 0 aliphatic carbocycles. The van der Waals surface area contributed by atoms with Crippen molar-refractivity contribution < 1.29 is 17.9 Å². The van der Waals surface area contributed by atoms with Gasteiger partial charge < -0.3 is 9.30 Å². The molecule has 0 aliphatic rings. The molecule has 2 heterocycles. The van der Waals surface area contributed by atoms with Crippen molar-refractivity contribution in [2.75, 3.05) is 0 Å². The van der Waals surface area contributed by atoms with Crippen LogP contribution in [0.3, 0.4) is 0 Å². The molecule has 0 fully saturated rings. The van der Waals surface area contributed by atoms with E-state index < -0.39 is 15.9 Å². The smallest absolute Gasteiger partial charge is 0.283 e. The normalized spacial score (nSPS) is 11.7. The first-order chi connectivity index (χ1) is 19.3. The largest absolute Gasteiger partial charge is 0.489 e. The van der Waals surface area contributed by atoms with Crippen molar-refractivity contribution >= 4 is 44.8 Å². The van der Waals surface area contributed by atoms with Gasteiger partial charge in [0.15, 0.2) is 5.65 Å². The highest BCUT2D eigenvalue weighted by Gasteiger charge is 2.18. The Kier molecular flexibility index (Phi) is 7.95. The average Bonchev–Trinajstić information content (AvgIpc) is 3.27. The van der Waals surface area contributed by atoms with Gasteiger partial charge in [-0.25, -0.2) is 23.1 Å². The zero-order chi connectivity index (χ0) is 28.1. The minimum absolute atomic E-state index is 0.0545. The van der Waals surface area contributed by atoms with Crippen LogP contribution in [0.1, 0.15) is 33.0 Å². The van der Waals surface area contributed by atoms with Gasteiger partial charge in [0.25, 0.3) is 15.9 Å². The molecule has 40 heavy (non-hydrogen) atoms. The van der Waals surface area contributed by atoms with Crippen molar-refractivity contribution in [2.24, 2.45) is 0 Å². The Morgan fingerprint density at radius 2 is 1.70 bits per heavy atom. The number of pyridine rings is 1. The molecule has 5 rings (SSSR count). The van der Waals surface area contributed by atoms with Gasteiger partial charge in [0.2, 0.25) is 0 Å². The summed E-state index contributed by atoms with van der Waals surface area (Å²) in [7, 11) is -4.04. The number of aromatic nitrogens is 3. The second-order valence-corrected chi connectivity index (χ2v) is 11.0. The maximum absolute atomic E-state index is 12.8. The van der Waals surface area contributed by atoms with Gasteiger partial charge in [-0.1, -0.05) is 78.3 Å². The lowest BCUT2D eigenvalue weighted by molar-refractivity contribution is 0.0977. The first-order valence-electron chi connectivity index (χ1n) is 12.4. The summed E-state index contributed by atoms with van der Waals surface area (Å²) in [6, 6.07) is 27.3. The number of nitrogens with zero attached hydrogens (tertiary/aromatic N) is 3. The molecule has 202 valence electrons. The summed E-state index contributed by atoms with van der Waals surface area (Å²) in [6.45, 7) is 2.59. The minimum Gasteiger partial charge on any atom is -0.489 e. The lowest BCUT2D eigenvalue weighted by Gasteiger charge is -2.11. The van der Waals surface area contributed by atoms with E-state index in [1.54, 1.807) is 36.4 Å². The van der Waals surface area contributed by atoms with Gasteiger partial charge in [-0.3, -0.25) is 4.79 Å². The van der Waals surface area contributed by atoms with Crippen LogP contribution in [0.2, 0.25) is 5.02 Å². The molecule has 0 radical (unpaired) electrons. The maximum Gasteiger partial charge on any atom is 0.283 e. The van der Waals surface area contributed by atoms with Crippen LogP contribution in [0.5, 0.6) is 5.75 Å². The zero-order valence-corrected chi connectivity index (χ0v) is 23.1. The number of ether oxygens (including phenoxy) is 1. The van der Waals surface area contributed by atoms with Crippen molar-refractivity contribution in [3.63, 3.8) is 0 Å². The number of carbonyl (C=O) groups excluding carboxylic acids is 1. The molecule has 1 amide bonds. The summed E-state index contributed by atoms with van der Waals surface area (Å²) in [4.78, 5) is 21.8. The summed E-state index contributed by atoms with van der Waals surface area (Å²) < 4.78 is 34.7. The Balaban J connectivity index is 1.32. The van der Waals surface area contributed by atoms with E-state index in [0.717, 1.165) is 16.5 Å². The van der Waals surface area contributed by atoms with E-state index in [0.29, 0.717) is 46.5 Å². The summed E-state index contributed by atoms with van der Waals surface area (Å²) in [5, 5.41) is 1.46. The fourth-order valence-corrected chi connectivity index (χ4v) is 5.03. The standard InChI is InChI=1S/C30H25ClN4O4S/c1-21-32-27-14-15-28(30(36)34-40(37,38)17-16-22-8-4-2-5-9-22)33-29(27)35(21)19-24-12-13-25(18-26(24)31)39-20-23-10-6-3-7-11-23/h2-18H,19-20H2,1H3,(H,34,36)/b17-16+. The average molecular weight is 573 g/mol. The van der Waals surface area contributed by atoms with Gasteiger partial charge >= 0.3 is 0 Å². The number of carbonyl (C=O) groups is 1. The quantitative estimate of drug-likeness (QED) is 0.241. The highest BCUT2D eigenvalue weighted by atomic mass is 35.5. The molecular formula is C30H25ClN4O4S. The first-order valence-corrected chi connectivity index (χ1v) is 14.3. The van der Waals surface area contributed by atoms with Crippen LogP contribution in [0.15, 0.2) is 96.4 Å². The molecule has 0 saturated carbocycles. The van der Waals surface area contributed by atoms with E-state index in [4.69, 9.17) is 16.3 Å². The van der Waals surface area contributed by atoms with Crippen LogP contribution < -0.4 is 9.46 Å². The summed E-state index contributed by atoms with van der Waals surface area (Å²) in [5.74, 6) is 0.464. The predicted molar refractivity (Wildman–Crippen MR) is 155 cm³/mol. The molecule has 3 aromatic carbocycles. The molecule has 0 spiro atoms. The molecule has 10 heteroatoms. The Morgan fingerprint density at radius 1 is 0.975 bits per heavy atom. The van der Waals surface area contributed by atoms with Crippen LogP contribution in [0.25, 0.3) is 17.2 Å². The highest BCUT2D eigenvalue weighted by Crippen LogP contribution is 2.26. The third-order valence-corrected chi connectivity index (χ3v) is 7.41. The second-order valence-electron chi connectivity index (χ2n) is 9.00. The van der Waals surface area contributed by atoms with Crippen LogP contribution in [0, 0.1) is 6.92 Å². The SMILES string of the molecule is Cc1nc2ccc(C(=O)NS(=O)(=O)/C=C/c3ccccc3)nc2n1Cc1ccc(OCc2ccccc2)cc1Cl. The van der Waals surface area contributed by atoms with E-state index >= 15 is 0 Å². The topological polar surface area (TPSA) is 103 Å². The molecule has 2 aromatic heterocycles.